The highest BCUT2D eigenvalue weighted by Crippen LogP contribution is 2.26. The summed E-state index contributed by atoms with van der Waals surface area (Å²) in [5.41, 5.74) is 2.14. The summed E-state index contributed by atoms with van der Waals surface area (Å²) in [6.07, 6.45) is 3.71. The maximum atomic E-state index is 12.5. The molecular weight excluding hydrogens is 260 g/mol. The normalized spacial score (nSPS) is 14.8. The van der Waals surface area contributed by atoms with E-state index in [1.165, 1.54) is 9.87 Å². The van der Waals surface area contributed by atoms with Crippen molar-refractivity contribution >= 4 is 15.7 Å². The van der Waals surface area contributed by atoms with E-state index in [1.54, 1.807) is 18.2 Å². The largest absolute Gasteiger partial charge is 0.385 e. The van der Waals surface area contributed by atoms with Gasteiger partial charge in [0.15, 0.2) is 0 Å². The van der Waals surface area contributed by atoms with Crippen LogP contribution in [0.25, 0.3) is 0 Å². The first-order valence-electron chi connectivity index (χ1n) is 6.57. The van der Waals surface area contributed by atoms with E-state index in [1.807, 2.05) is 13.0 Å². The first kappa shape index (κ1) is 14.1. The molecule has 0 saturated carbocycles. The Hall–Kier alpha value is -1.33. The maximum absolute atomic E-state index is 12.5. The van der Waals surface area contributed by atoms with Gasteiger partial charge in [-0.25, -0.2) is 8.42 Å². The van der Waals surface area contributed by atoms with E-state index >= 15 is 0 Å². The van der Waals surface area contributed by atoms with Crippen LogP contribution in [-0.2, 0) is 16.4 Å². The third kappa shape index (κ3) is 2.82. The van der Waals surface area contributed by atoms with Gasteiger partial charge >= 0.3 is 0 Å². The number of aryl methyl sites for hydroxylation is 1. The van der Waals surface area contributed by atoms with Crippen molar-refractivity contribution in [3.05, 3.63) is 36.4 Å². The van der Waals surface area contributed by atoms with E-state index in [0.717, 1.165) is 25.1 Å². The van der Waals surface area contributed by atoms with Crippen molar-refractivity contribution in [1.29, 1.82) is 0 Å². The predicted molar refractivity (Wildman–Crippen MR) is 77.9 cm³/mol. The Labute approximate surface area is 115 Å². The van der Waals surface area contributed by atoms with Crippen LogP contribution in [0.1, 0.15) is 18.9 Å². The van der Waals surface area contributed by atoms with Crippen LogP contribution in [0.15, 0.2) is 35.7 Å². The number of fused-ring (bicyclic) bond motifs is 1. The molecule has 0 amide bonds. The zero-order valence-corrected chi connectivity index (χ0v) is 12.0. The number of benzene rings is 1. The van der Waals surface area contributed by atoms with Crippen LogP contribution in [0.4, 0.5) is 5.69 Å². The van der Waals surface area contributed by atoms with Gasteiger partial charge in [0.05, 0.1) is 4.90 Å². The Balaban J connectivity index is 2.37. The van der Waals surface area contributed by atoms with Crippen molar-refractivity contribution < 1.29 is 8.42 Å². The molecule has 4 nitrogen and oxygen atoms in total. The molecular formula is C14H20N2O2S. The summed E-state index contributed by atoms with van der Waals surface area (Å²) in [5, 5.41) is 3.26. The molecule has 104 valence electrons. The topological polar surface area (TPSA) is 49.4 Å². The molecule has 0 aromatic heterocycles. The van der Waals surface area contributed by atoms with Gasteiger partial charge in [0.1, 0.15) is 0 Å². The summed E-state index contributed by atoms with van der Waals surface area (Å²) in [7, 11) is -3.42. The van der Waals surface area contributed by atoms with Crippen LogP contribution >= 0.6 is 0 Å². The molecule has 1 aliphatic rings. The highest BCUT2D eigenvalue weighted by molar-refractivity contribution is 7.89. The summed E-state index contributed by atoms with van der Waals surface area (Å²) in [6, 6.07) is 5.36. The Morgan fingerprint density at radius 2 is 2.26 bits per heavy atom. The Morgan fingerprint density at radius 3 is 2.95 bits per heavy atom. The molecule has 0 radical (unpaired) electrons. The number of hydrogen-bond donors (Lipinski definition) is 1. The molecule has 2 rings (SSSR count). The van der Waals surface area contributed by atoms with Crippen LogP contribution in [0, 0.1) is 0 Å². The maximum Gasteiger partial charge on any atom is 0.243 e. The molecule has 1 aromatic carbocycles. The minimum Gasteiger partial charge on any atom is -0.385 e. The van der Waals surface area contributed by atoms with Gasteiger partial charge < -0.3 is 5.32 Å². The van der Waals surface area contributed by atoms with E-state index in [2.05, 4.69) is 11.9 Å². The first-order chi connectivity index (χ1) is 9.09. The Morgan fingerprint density at radius 1 is 1.47 bits per heavy atom. The summed E-state index contributed by atoms with van der Waals surface area (Å²) in [5.74, 6) is 0. The summed E-state index contributed by atoms with van der Waals surface area (Å²) >= 11 is 0. The average Bonchev–Trinajstić information content (AvgIpc) is 2.44. The SMILES string of the molecule is C=CCN(CC)S(=O)(=O)c1ccc2c(c1)NCCC2. The Kier molecular flexibility index (Phi) is 4.27. The van der Waals surface area contributed by atoms with Gasteiger partial charge in [-0.2, -0.15) is 4.31 Å². The Bertz CT molecular complexity index is 567. The molecule has 0 atom stereocenters. The van der Waals surface area contributed by atoms with Crippen LogP contribution in [0.5, 0.6) is 0 Å². The van der Waals surface area contributed by atoms with Gasteiger partial charge in [0, 0.05) is 25.3 Å². The fraction of sp³-hybridized carbons (Fsp3) is 0.429. The lowest BCUT2D eigenvalue weighted by Crippen LogP contribution is -2.31. The first-order valence-corrected chi connectivity index (χ1v) is 8.01. The molecule has 0 unspecified atom stereocenters. The smallest absolute Gasteiger partial charge is 0.243 e. The zero-order chi connectivity index (χ0) is 13.9. The van der Waals surface area contributed by atoms with Crippen molar-refractivity contribution in [2.24, 2.45) is 0 Å². The lowest BCUT2D eigenvalue weighted by Gasteiger charge is -2.22. The van der Waals surface area contributed by atoms with Crippen molar-refractivity contribution in [3.63, 3.8) is 0 Å². The highest BCUT2D eigenvalue weighted by atomic mass is 32.2. The molecule has 1 aliphatic heterocycles. The van der Waals surface area contributed by atoms with Gasteiger partial charge in [-0.1, -0.05) is 19.1 Å². The standard InChI is InChI=1S/C14H20N2O2S/c1-3-10-16(4-2)19(17,18)13-8-7-12-6-5-9-15-14(12)11-13/h3,7-8,11,15H,1,4-6,9-10H2,2H3. The fourth-order valence-electron chi connectivity index (χ4n) is 2.29. The van der Waals surface area contributed by atoms with Crippen LogP contribution in [0.2, 0.25) is 0 Å². The van der Waals surface area contributed by atoms with Crippen LogP contribution in [-0.4, -0.2) is 32.4 Å². The second-order valence-corrected chi connectivity index (χ2v) is 6.53. The predicted octanol–water partition coefficient (Wildman–Crippen LogP) is 2.24. The molecule has 0 bridgehead atoms. The molecule has 1 heterocycles. The number of anilines is 1. The summed E-state index contributed by atoms with van der Waals surface area (Å²) in [6.45, 7) is 7.12. The van der Waals surface area contributed by atoms with Gasteiger partial charge in [-0.15, -0.1) is 6.58 Å². The minimum atomic E-state index is -3.42. The zero-order valence-electron chi connectivity index (χ0n) is 11.2. The monoisotopic (exact) mass is 280 g/mol. The lowest BCUT2D eigenvalue weighted by atomic mass is 10.0. The molecule has 0 spiro atoms. The van der Waals surface area contributed by atoms with Gasteiger partial charge in [-0.3, -0.25) is 0 Å². The van der Waals surface area contributed by atoms with E-state index < -0.39 is 10.0 Å². The van der Waals surface area contributed by atoms with Gasteiger partial charge in [0.25, 0.3) is 0 Å². The number of sulfonamides is 1. The van der Waals surface area contributed by atoms with E-state index in [-0.39, 0.29) is 0 Å². The number of likely N-dealkylation sites (N-methyl/N-ethyl adjacent to an activating group) is 1. The molecule has 1 aromatic rings. The molecule has 0 saturated heterocycles. The third-order valence-corrected chi connectivity index (χ3v) is 5.28. The molecule has 0 fully saturated rings. The second kappa shape index (κ2) is 5.75. The summed E-state index contributed by atoms with van der Waals surface area (Å²) < 4.78 is 26.4. The van der Waals surface area contributed by atoms with Crippen LogP contribution in [0.3, 0.4) is 0 Å². The molecule has 1 N–H and O–H groups in total. The number of rotatable bonds is 5. The second-order valence-electron chi connectivity index (χ2n) is 4.59. The van der Waals surface area contributed by atoms with E-state index in [0.29, 0.717) is 18.0 Å². The minimum absolute atomic E-state index is 0.337. The molecule has 19 heavy (non-hydrogen) atoms. The van der Waals surface area contributed by atoms with Crippen molar-refractivity contribution in [2.45, 2.75) is 24.7 Å². The summed E-state index contributed by atoms with van der Waals surface area (Å²) in [4.78, 5) is 0.351. The average molecular weight is 280 g/mol. The number of hydrogen-bond acceptors (Lipinski definition) is 3. The van der Waals surface area contributed by atoms with Crippen LogP contribution < -0.4 is 5.32 Å². The van der Waals surface area contributed by atoms with Crippen molar-refractivity contribution in [3.8, 4) is 0 Å². The molecule has 0 aliphatic carbocycles. The fourth-order valence-corrected chi connectivity index (χ4v) is 3.74. The van der Waals surface area contributed by atoms with Crippen molar-refractivity contribution in [1.82, 2.24) is 4.31 Å². The van der Waals surface area contributed by atoms with E-state index in [9.17, 15) is 8.42 Å². The lowest BCUT2D eigenvalue weighted by molar-refractivity contribution is 0.460. The van der Waals surface area contributed by atoms with Gasteiger partial charge in [0.2, 0.25) is 10.0 Å². The number of nitrogens with zero attached hydrogens (tertiary/aromatic N) is 1. The number of nitrogens with one attached hydrogen (secondary N) is 1. The third-order valence-electron chi connectivity index (χ3n) is 3.34. The van der Waals surface area contributed by atoms with Gasteiger partial charge in [-0.05, 0) is 30.5 Å². The quantitative estimate of drug-likeness (QED) is 0.842. The van der Waals surface area contributed by atoms with E-state index in [4.69, 9.17) is 0 Å². The molecule has 5 heteroatoms. The van der Waals surface area contributed by atoms with Crippen molar-refractivity contribution in [2.75, 3.05) is 25.0 Å². The highest BCUT2D eigenvalue weighted by Gasteiger charge is 2.23.